The monoisotopic (exact) mass is 368 g/mol. The van der Waals surface area contributed by atoms with E-state index < -0.39 is 15.8 Å². The van der Waals surface area contributed by atoms with Crippen LogP contribution in [-0.2, 0) is 21.3 Å². The molecule has 1 aliphatic rings. The van der Waals surface area contributed by atoms with Gasteiger partial charge in [-0.2, -0.15) is 4.31 Å². The average molecular weight is 368 g/mol. The van der Waals surface area contributed by atoms with Crippen molar-refractivity contribution in [1.82, 2.24) is 9.46 Å². The molecule has 0 radical (unpaired) electrons. The molecule has 0 spiro atoms. The van der Waals surface area contributed by atoms with Crippen LogP contribution in [0.5, 0.6) is 0 Å². The molecule has 2 heterocycles. The molecule has 1 saturated heterocycles. The number of ether oxygens (including phenoxy) is 1. The maximum atomic E-state index is 13.5. The number of aryl methyl sites for hydroxylation is 2. The van der Waals surface area contributed by atoms with E-state index in [0.717, 1.165) is 12.8 Å². The summed E-state index contributed by atoms with van der Waals surface area (Å²) in [7, 11) is -3.84. The van der Waals surface area contributed by atoms with E-state index in [1.54, 1.807) is 26.0 Å². The Morgan fingerprint density at radius 1 is 1.36 bits per heavy atom. The van der Waals surface area contributed by atoms with Gasteiger partial charge < -0.3 is 9.26 Å². The highest BCUT2D eigenvalue weighted by Crippen LogP contribution is 2.26. The van der Waals surface area contributed by atoms with Gasteiger partial charge in [0.25, 0.3) is 0 Å². The highest BCUT2D eigenvalue weighted by atomic mass is 32.2. The Morgan fingerprint density at radius 3 is 2.76 bits per heavy atom. The van der Waals surface area contributed by atoms with Gasteiger partial charge in [-0.25, -0.2) is 12.8 Å². The van der Waals surface area contributed by atoms with Gasteiger partial charge in [0.2, 0.25) is 10.0 Å². The zero-order chi connectivity index (χ0) is 18.0. The lowest BCUT2D eigenvalue weighted by atomic mass is 10.2. The molecule has 0 unspecified atom stereocenters. The molecule has 6 nitrogen and oxygen atoms in total. The number of benzene rings is 1. The third-order valence-corrected chi connectivity index (χ3v) is 6.30. The predicted octanol–water partition coefficient (Wildman–Crippen LogP) is 2.80. The first-order valence-electron chi connectivity index (χ1n) is 8.17. The summed E-state index contributed by atoms with van der Waals surface area (Å²) in [6.07, 6.45) is 1.55. The fourth-order valence-corrected chi connectivity index (χ4v) is 4.82. The van der Waals surface area contributed by atoms with Crippen LogP contribution >= 0.6 is 0 Å². The molecule has 3 rings (SSSR count). The Morgan fingerprint density at radius 2 is 2.16 bits per heavy atom. The minimum atomic E-state index is -3.84. The maximum Gasteiger partial charge on any atom is 0.248 e. The topological polar surface area (TPSA) is 72.6 Å². The minimum absolute atomic E-state index is 0.0595. The molecule has 1 aromatic heterocycles. The van der Waals surface area contributed by atoms with Crippen LogP contribution in [0.2, 0.25) is 0 Å². The van der Waals surface area contributed by atoms with Gasteiger partial charge in [0.15, 0.2) is 5.76 Å². The van der Waals surface area contributed by atoms with Crippen LogP contribution < -0.4 is 0 Å². The number of hydrogen-bond donors (Lipinski definition) is 0. The largest absolute Gasteiger partial charge is 0.377 e. The summed E-state index contributed by atoms with van der Waals surface area (Å²) in [6, 6.07) is 5.94. The average Bonchev–Trinajstić information content (AvgIpc) is 3.17. The minimum Gasteiger partial charge on any atom is -0.377 e. The van der Waals surface area contributed by atoms with Crippen molar-refractivity contribution in [2.75, 3.05) is 13.2 Å². The number of nitrogens with zero attached hydrogens (tertiary/aromatic N) is 2. The van der Waals surface area contributed by atoms with Crippen molar-refractivity contribution in [3.63, 3.8) is 0 Å². The normalized spacial score (nSPS) is 18.2. The second-order valence-corrected chi connectivity index (χ2v) is 8.09. The molecule has 0 amide bonds. The summed E-state index contributed by atoms with van der Waals surface area (Å²) < 4.78 is 51.8. The van der Waals surface area contributed by atoms with Crippen molar-refractivity contribution in [1.29, 1.82) is 0 Å². The summed E-state index contributed by atoms with van der Waals surface area (Å²) in [5, 5.41) is 3.75. The quantitative estimate of drug-likeness (QED) is 0.784. The summed E-state index contributed by atoms with van der Waals surface area (Å²) >= 11 is 0. The van der Waals surface area contributed by atoms with E-state index in [9.17, 15) is 12.8 Å². The fourth-order valence-electron chi connectivity index (χ4n) is 3.07. The lowest BCUT2D eigenvalue weighted by Gasteiger charge is -2.24. The number of hydrogen-bond acceptors (Lipinski definition) is 5. The Labute approximate surface area is 146 Å². The standard InChI is InChI=1S/C17H21FN2O4S/c1-12-17(13(2)24-19-12)25(21,22)20(11-16-7-4-8-23-16)10-14-5-3-6-15(18)9-14/h3,5-6,9,16H,4,7-8,10-11H2,1-2H3/t16-/m1/s1. The zero-order valence-electron chi connectivity index (χ0n) is 14.2. The lowest BCUT2D eigenvalue weighted by molar-refractivity contribution is 0.0925. The number of aromatic nitrogens is 1. The molecule has 8 heteroatoms. The summed E-state index contributed by atoms with van der Waals surface area (Å²) in [6.45, 7) is 4.06. The molecule has 0 N–H and O–H groups in total. The molecule has 1 fully saturated rings. The van der Waals surface area contributed by atoms with Crippen LogP contribution in [0, 0.1) is 19.7 Å². The Hall–Kier alpha value is -1.77. The van der Waals surface area contributed by atoms with Crippen molar-refractivity contribution in [2.45, 2.75) is 44.2 Å². The van der Waals surface area contributed by atoms with Gasteiger partial charge in [0, 0.05) is 19.7 Å². The molecule has 0 saturated carbocycles. The van der Waals surface area contributed by atoms with Crippen LogP contribution in [0.15, 0.2) is 33.7 Å². The van der Waals surface area contributed by atoms with Gasteiger partial charge in [-0.15, -0.1) is 0 Å². The summed E-state index contributed by atoms with van der Waals surface area (Å²) in [4.78, 5) is 0.0712. The van der Waals surface area contributed by atoms with Crippen LogP contribution in [0.1, 0.15) is 29.9 Å². The molecular weight excluding hydrogens is 347 g/mol. The van der Waals surface area contributed by atoms with E-state index in [0.29, 0.717) is 17.9 Å². The van der Waals surface area contributed by atoms with Crippen molar-refractivity contribution in [2.24, 2.45) is 0 Å². The zero-order valence-corrected chi connectivity index (χ0v) is 15.1. The van der Waals surface area contributed by atoms with Gasteiger partial charge in [-0.3, -0.25) is 0 Å². The highest BCUT2D eigenvalue weighted by molar-refractivity contribution is 7.89. The molecule has 2 aromatic rings. The van der Waals surface area contributed by atoms with Gasteiger partial charge in [-0.1, -0.05) is 17.3 Å². The third kappa shape index (κ3) is 3.91. The smallest absolute Gasteiger partial charge is 0.248 e. The molecule has 0 bridgehead atoms. The number of sulfonamides is 1. The summed E-state index contributed by atoms with van der Waals surface area (Å²) in [5.74, 6) is -0.154. The van der Waals surface area contributed by atoms with E-state index in [1.807, 2.05) is 0 Å². The molecule has 1 atom stereocenters. The maximum absolute atomic E-state index is 13.5. The SMILES string of the molecule is Cc1noc(C)c1S(=O)(=O)N(Cc1cccc(F)c1)C[C@H]1CCCO1. The van der Waals surface area contributed by atoms with Crippen LogP contribution in [-0.4, -0.2) is 37.1 Å². The molecule has 136 valence electrons. The molecule has 1 aliphatic heterocycles. The first-order chi connectivity index (χ1) is 11.9. The number of halogens is 1. The van der Waals surface area contributed by atoms with E-state index in [2.05, 4.69) is 5.16 Å². The number of rotatable bonds is 6. The van der Waals surface area contributed by atoms with E-state index >= 15 is 0 Å². The van der Waals surface area contributed by atoms with E-state index in [-0.39, 0.29) is 29.8 Å². The Bertz CT molecular complexity index is 825. The van der Waals surface area contributed by atoms with Gasteiger partial charge in [0.1, 0.15) is 16.4 Å². The Kier molecular flexibility index (Phi) is 5.21. The molecule has 0 aliphatic carbocycles. The predicted molar refractivity (Wildman–Crippen MR) is 88.9 cm³/mol. The van der Waals surface area contributed by atoms with Crippen LogP contribution in [0.3, 0.4) is 0 Å². The Balaban J connectivity index is 1.94. The van der Waals surface area contributed by atoms with Crippen molar-refractivity contribution < 1.29 is 22.1 Å². The van der Waals surface area contributed by atoms with Gasteiger partial charge >= 0.3 is 0 Å². The van der Waals surface area contributed by atoms with Gasteiger partial charge in [-0.05, 0) is 44.4 Å². The fraction of sp³-hybridized carbons (Fsp3) is 0.471. The second kappa shape index (κ2) is 7.23. The second-order valence-electron chi connectivity index (χ2n) is 6.22. The highest BCUT2D eigenvalue weighted by Gasteiger charge is 2.33. The van der Waals surface area contributed by atoms with Gasteiger partial charge in [0.05, 0.1) is 6.10 Å². The van der Waals surface area contributed by atoms with E-state index in [1.165, 1.54) is 16.4 Å². The first-order valence-corrected chi connectivity index (χ1v) is 9.61. The van der Waals surface area contributed by atoms with Crippen molar-refractivity contribution in [3.05, 3.63) is 47.1 Å². The molecular formula is C17H21FN2O4S. The van der Waals surface area contributed by atoms with Crippen LogP contribution in [0.25, 0.3) is 0 Å². The van der Waals surface area contributed by atoms with Crippen LogP contribution in [0.4, 0.5) is 4.39 Å². The van der Waals surface area contributed by atoms with Crippen molar-refractivity contribution >= 4 is 10.0 Å². The lowest BCUT2D eigenvalue weighted by Crippen LogP contribution is -2.37. The third-order valence-electron chi connectivity index (χ3n) is 4.24. The first kappa shape index (κ1) is 18.0. The van der Waals surface area contributed by atoms with Crippen molar-refractivity contribution in [3.8, 4) is 0 Å². The summed E-state index contributed by atoms with van der Waals surface area (Å²) in [5.41, 5.74) is 0.891. The molecule has 1 aromatic carbocycles. The van der Waals surface area contributed by atoms with E-state index in [4.69, 9.17) is 9.26 Å². The molecule has 25 heavy (non-hydrogen) atoms.